The van der Waals surface area contributed by atoms with Crippen LogP contribution in [0.25, 0.3) is 11.4 Å². The van der Waals surface area contributed by atoms with Crippen molar-refractivity contribution in [2.75, 3.05) is 50.1 Å². The van der Waals surface area contributed by atoms with Crippen molar-refractivity contribution in [3.8, 4) is 11.4 Å². The second kappa shape index (κ2) is 8.26. The average Bonchev–Trinajstić information content (AvgIpc) is 2.79. The number of rotatable bonds is 4. The van der Waals surface area contributed by atoms with E-state index in [0.717, 1.165) is 41.5 Å². The van der Waals surface area contributed by atoms with E-state index in [4.69, 9.17) is 0 Å². The molecule has 0 spiro atoms. The Balaban J connectivity index is 1.37. The summed E-state index contributed by atoms with van der Waals surface area (Å²) in [5.74, 6) is 0.902. The van der Waals surface area contributed by atoms with Gasteiger partial charge in [0.05, 0.1) is 5.69 Å². The summed E-state index contributed by atoms with van der Waals surface area (Å²) in [6.07, 6.45) is 1.75. The molecule has 3 aromatic rings. The van der Waals surface area contributed by atoms with E-state index >= 15 is 0 Å². The Kier molecular flexibility index (Phi) is 5.37. The Bertz CT molecular complexity index is 949. The molecular formula is C22H24N6O. The van der Waals surface area contributed by atoms with Gasteiger partial charge in [0.2, 0.25) is 0 Å². The second-order valence-electron chi connectivity index (χ2n) is 7.21. The summed E-state index contributed by atoms with van der Waals surface area (Å²) >= 11 is 0. The number of amides is 1. The van der Waals surface area contributed by atoms with Crippen LogP contribution >= 0.6 is 0 Å². The fourth-order valence-electron chi connectivity index (χ4n) is 3.37. The van der Waals surface area contributed by atoms with Crippen LogP contribution in [0, 0.1) is 0 Å². The lowest BCUT2D eigenvalue weighted by Crippen LogP contribution is -2.49. The largest absolute Gasteiger partial charge is 0.378 e. The number of pyridine rings is 1. The third-order valence-corrected chi connectivity index (χ3v) is 5.10. The van der Waals surface area contributed by atoms with Gasteiger partial charge < -0.3 is 14.7 Å². The van der Waals surface area contributed by atoms with Crippen molar-refractivity contribution in [3.63, 3.8) is 0 Å². The van der Waals surface area contributed by atoms with Crippen molar-refractivity contribution >= 4 is 17.4 Å². The smallest absolute Gasteiger partial charge is 0.253 e. The van der Waals surface area contributed by atoms with Crippen molar-refractivity contribution < 1.29 is 4.79 Å². The van der Waals surface area contributed by atoms with Crippen LogP contribution in [0.2, 0.25) is 0 Å². The van der Waals surface area contributed by atoms with Crippen molar-refractivity contribution in [3.05, 3.63) is 66.4 Å². The molecule has 0 aliphatic carbocycles. The summed E-state index contributed by atoms with van der Waals surface area (Å²) < 4.78 is 0. The van der Waals surface area contributed by atoms with Crippen molar-refractivity contribution in [2.24, 2.45) is 0 Å². The monoisotopic (exact) mass is 388 g/mol. The van der Waals surface area contributed by atoms with Crippen LogP contribution in [0.5, 0.6) is 0 Å². The van der Waals surface area contributed by atoms with Crippen LogP contribution in [0.15, 0.2) is 60.8 Å². The molecule has 3 heterocycles. The average molecular weight is 388 g/mol. The maximum absolute atomic E-state index is 12.8. The molecule has 1 fully saturated rings. The normalized spacial score (nSPS) is 14.0. The van der Waals surface area contributed by atoms with Gasteiger partial charge in [-0.2, -0.15) is 0 Å². The number of benzene rings is 1. The standard InChI is InChI=1S/C22H24N6O/c1-26(2)18-8-6-17(7-9-18)22(29)28-15-13-27(14-16-28)21-11-10-20(24-25-21)19-5-3-4-12-23-19/h3-12H,13-16H2,1-2H3. The first-order valence-corrected chi connectivity index (χ1v) is 9.68. The number of hydrogen-bond donors (Lipinski definition) is 0. The van der Waals surface area contributed by atoms with E-state index in [2.05, 4.69) is 20.1 Å². The zero-order chi connectivity index (χ0) is 20.2. The highest BCUT2D eigenvalue weighted by molar-refractivity contribution is 5.94. The van der Waals surface area contributed by atoms with Crippen molar-refractivity contribution in [1.82, 2.24) is 20.1 Å². The first-order chi connectivity index (χ1) is 14.1. The molecule has 0 N–H and O–H groups in total. The molecule has 0 saturated carbocycles. The van der Waals surface area contributed by atoms with Gasteiger partial charge >= 0.3 is 0 Å². The number of aromatic nitrogens is 3. The number of carbonyl (C=O) groups excluding carboxylic acids is 1. The molecule has 7 nitrogen and oxygen atoms in total. The molecule has 0 atom stereocenters. The van der Waals surface area contributed by atoms with Crippen molar-refractivity contribution in [2.45, 2.75) is 0 Å². The predicted octanol–water partition coefficient (Wildman–Crippen LogP) is 2.57. The number of anilines is 2. The van der Waals surface area contributed by atoms with Crippen LogP contribution in [0.1, 0.15) is 10.4 Å². The molecule has 4 rings (SSSR count). The Labute approximate surface area is 170 Å². The van der Waals surface area contributed by atoms with Gasteiger partial charge in [0, 0.05) is 57.7 Å². The third-order valence-electron chi connectivity index (χ3n) is 5.10. The maximum atomic E-state index is 12.8. The zero-order valence-electron chi connectivity index (χ0n) is 16.7. The minimum atomic E-state index is 0.0755. The summed E-state index contributed by atoms with van der Waals surface area (Å²) in [6.45, 7) is 2.80. The van der Waals surface area contributed by atoms with E-state index in [-0.39, 0.29) is 5.91 Å². The fourth-order valence-corrected chi connectivity index (χ4v) is 3.37. The van der Waals surface area contributed by atoms with Gasteiger partial charge in [0.25, 0.3) is 5.91 Å². The molecule has 29 heavy (non-hydrogen) atoms. The summed E-state index contributed by atoms with van der Waals surface area (Å²) in [6, 6.07) is 17.4. The summed E-state index contributed by atoms with van der Waals surface area (Å²) in [7, 11) is 3.98. The fraction of sp³-hybridized carbons (Fsp3) is 0.273. The minimum Gasteiger partial charge on any atom is -0.378 e. The van der Waals surface area contributed by atoms with E-state index in [1.165, 1.54) is 0 Å². The molecule has 7 heteroatoms. The molecule has 1 saturated heterocycles. The molecule has 2 aromatic heterocycles. The predicted molar refractivity (Wildman–Crippen MR) is 114 cm³/mol. The minimum absolute atomic E-state index is 0.0755. The Morgan fingerprint density at radius 3 is 2.21 bits per heavy atom. The Morgan fingerprint density at radius 1 is 0.862 bits per heavy atom. The van der Waals surface area contributed by atoms with Gasteiger partial charge in [-0.05, 0) is 48.5 Å². The first-order valence-electron chi connectivity index (χ1n) is 9.68. The van der Waals surface area contributed by atoms with Gasteiger partial charge in [-0.25, -0.2) is 0 Å². The highest BCUT2D eigenvalue weighted by atomic mass is 16.2. The molecule has 1 aromatic carbocycles. The lowest BCUT2D eigenvalue weighted by molar-refractivity contribution is 0.0746. The molecule has 1 aliphatic rings. The van der Waals surface area contributed by atoms with Gasteiger partial charge in [-0.3, -0.25) is 9.78 Å². The summed E-state index contributed by atoms with van der Waals surface area (Å²) in [5, 5.41) is 8.67. The maximum Gasteiger partial charge on any atom is 0.253 e. The zero-order valence-corrected chi connectivity index (χ0v) is 16.7. The Morgan fingerprint density at radius 2 is 1.62 bits per heavy atom. The number of nitrogens with zero attached hydrogens (tertiary/aromatic N) is 6. The second-order valence-corrected chi connectivity index (χ2v) is 7.21. The van der Waals surface area contributed by atoms with Gasteiger partial charge in [-0.15, -0.1) is 10.2 Å². The molecule has 0 unspecified atom stereocenters. The van der Waals surface area contributed by atoms with Crippen LogP contribution < -0.4 is 9.80 Å². The quantitative estimate of drug-likeness (QED) is 0.684. The third kappa shape index (κ3) is 4.18. The van der Waals surface area contributed by atoms with Crippen LogP contribution in [-0.4, -0.2) is 66.3 Å². The topological polar surface area (TPSA) is 65.5 Å². The lowest BCUT2D eigenvalue weighted by atomic mass is 10.1. The lowest BCUT2D eigenvalue weighted by Gasteiger charge is -2.35. The number of hydrogen-bond acceptors (Lipinski definition) is 6. The highest BCUT2D eigenvalue weighted by Crippen LogP contribution is 2.19. The van der Waals surface area contributed by atoms with Crippen LogP contribution in [0.4, 0.5) is 11.5 Å². The van der Waals surface area contributed by atoms with Crippen LogP contribution in [-0.2, 0) is 0 Å². The van der Waals surface area contributed by atoms with E-state index in [0.29, 0.717) is 13.1 Å². The van der Waals surface area contributed by atoms with Gasteiger partial charge in [-0.1, -0.05) is 6.07 Å². The first kappa shape index (κ1) is 18.9. The molecule has 0 radical (unpaired) electrons. The summed E-state index contributed by atoms with van der Waals surface area (Å²) in [4.78, 5) is 23.2. The molecule has 0 bridgehead atoms. The van der Waals surface area contributed by atoms with Crippen molar-refractivity contribution in [1.29, 1.82) is 0 Å². The number of piperazine rings is 1. The van der Waals surface area contributed by atoms with Gasteiger partial charge in [0.1, 0.15) is 5.69 Å². The van der Waals surface area contributed by atoms with E-state index < -0.39 is 0 Å². The molecular weight excluding hydrogens is 364 g/mol. The molecule has 1 amide bonds. The van der Waals surface area contributed by atoms with Gasteiger partial charge in [0.15, 0.2) is 5.82 Å². The van der Waals surface area contributed by atoms with E-state index in [1.54, 1.807) is 6.20 Å². The molecule has 148 valence electrons. The molecule has 1 aliphatic heterocycles. The number of carbonyl (C=O) groups is 1. The Hall–Kier alpha value is -3.48. The van der Waals surface area contributed by atoms with Crippen LogP contribution in [0.3, 0.4) is 0 Å². The summed E-state index contributed by atoms with van der Waals surface area (Å²) in [5.41, 5.74) is 3.37. The SMILES string of the molecule is CN(C)c1ccc(C(=O)N2CCN(c3ccc(-c4ccccn4)nn3)CC2)cc1. The van der Waals surface area contributed by atoms with E-state index in [1.807, 2.05) is 78.5 Å². The van der Waals surface area contributed by atoms with E-state index in [9.17, 15) is 4.79 Å². The highest BCUT2D eigenvalue weighted by Gasteiger charge is 2.23.